The van der Waals surface area contributed by atoms with E-state index in [-0.39, 0.29) is 12.5 Å². The SMILES string of the molecule is CN(Cc1ccoc1)C(=O)NCCCC(=O)O. The van der Waals surface area contributed by atoms with E-state index in [2.05, 4.69) is 5.32 Å². The van der Waals surface area contributed by atoms with Gasteiger partial charge in [0.05, 0.1) is 19.1 Å². The highest BCUT2D eigenvalue weighted by molar-refractivity contribution is 5.73. The second-order valence-electron chi connectivity index (χ2n) is 3.72. The van der Waals surface area contributed by atoms with Gasteiger partial charge in [-0.3, -0.25) is 4.79 Å². The summed E-state index contributed by atoms with van der Waals surface area (Å²) in [7, 11) is 1.67. The number of rotatable bonds is 6. The van der Waals surface area contributed by atoms with Crippen LogP contribution in [0.1, 0.15) is 18.4 Å². The Kier molecular flexibility index (Phi) is 5.06. The van der Waals surface area contributed by atoms with Crippen molar-refractivity contribution < 1.29 is 19.1 Å². The van der Waals surface area contributed by atoms with E-state index in [1.54, 1.807) is 25.6 Å². The van der Waals surface area contributed by atoms with Gasteiger partial charge in [0.15, 0.2) is 0 Å². The molecule has 17 heavy (non-hydrogen) atoms. The van der Waals surface area contributed by atoms with Gasteiger partial charge in [0, 0.05) is 25.6 Å². The molecule has 1 rings (SSSR count). The summed E-state index contributed by atoms with van der Waals surface area (Å²) in [5.74, 6) is -0.856. The van der Waals surface area contributed by atoms with Gasteiger partial charge < -0.3 is 19.7 Å². The van der Waals surface area contributed by atoms with Crippen molar-refractivity contribution in [2.45, 2.75) is 19.4 Å². The molecule has 1 heterocycles. The molecule has 0 aliphatic rings. The van der Waals surface area contributed by atoms with E-state index in [0.29, 0.717) is 19.5 Å². The number of hydrogen-bond acceptors (Lipinski definition) is 3. The van der Waals surface area contributed by atoms with Crippen LogP contribution in [-0.4, -0.2) is 35.6 Å². The maximum Gasteiger partial charge on any atom is 0.317 e. The lowest BCUT2D eigenvalue weighted by Crippen LogP contribution is -2.37. The minimum absolute atomic E-state index is 0.0612. The van der Waals surface area contributed by atoms with Crippen molar-refractivity contribution >= 4 is 12.0 Å². The third-order valence-corrected chi connectivity index (χ3v) is 2.19. The molecule has 0 unspecified atom stereocenters. The molecule has 0 saturated carbocycles. The Morgan fingerprint density at radius 1 is 1.53 bits per heavy atom. The maximum absolute atomic E-state index is 11.6. The zero-order valence-corrected chi connectivity index (χ0v) is 9.68. The summed E-state index contributed by atoms with van der Waals surface area (Å²) in [5, 5.41) is 11.1. The third kappa shape index (κ3) is 5.05. The zero-order valence-electron chi connectivity index (χ0n) is 9.68. The molecule has 0 fully saturated rings. The van der Waals surface area contributed by atoms with Crippen LogP contribution >= 0.6 is 0 Å². The fourth-order valence-corrected chi connectivity index (χ4v) is 1.30. The molecule has 0 saturated heterocycles. The predicted octanol–water partition coefficient (Wildman–Crippen LogP) is 1.29. The summed E-state index contributed by atoms with van der Waals surface area (Å²) in [5.41, 5.74) is 0.910. The fourth-order valence-electron chi connectivity index (χ4n) is 1.30. The molecule has 2 N–H and O–H groups in total. The van der Waals surface area contributed by atoms with Gasteiger partial charge in [-0.05, 0) is 12.5 Å². The molecule has 0 spiro atoms. The van der Waals surface area contributed by atoms with E-state index in [1.165, 1.54) is 4.90 Å². The van der Waals surface area contributed by atoms with Crippen LogP contribution in [0.4, 0.5) is 4.79 Å². The normalized spacial score (nSPS) is 9.94. The van der Waals surface area contributed by atoms with Crippen LogP contribution in [0.3, 0.4) is 0 Å². The second-order valence-corrected chi connectivity index (χ2v) is 3.72. The average Bonchev–Trinajstić information content (AvgIpc) is 2.76. The largest absolute Gasteiger partial charge is 0.481 e. The molecule has 0 atom stereocenters. The standard InChI is InChI=1S/C11H16N2O4/c1-13(7-9-4-6-17-8-9)11(16)12-5-2-3-10(14)15/h4,6,8H,2-3,5,7H2,1H3,(H,12,16)(H,14,15). The predicted molar refractivity (Wildman–Crippen MR) is 60.4 cm³/mol. The van der Waals surface area contributed by atoms with Crippen LogP contribution in [0, 0.1) is 0 Å². The van der Waals surface area contributed by atoms with Gasteiger partial charge in [-0.15, -0.1) is 0 Å². The van der Waals surface area contributed by atoms with Crippen molar-refractivity contribution in [3.63, 3.8) is 0 Å². The van der Waals surface area contributed by atoms with Crippen molar-refractivity contribution in [3.8, 4) is 0 Å². The van der Waals surface area contributed by atoms with E-state index in [4.69, 9.17) is 9.52 Å². The van der Waals surface area contributed by atoms with Crippen molar-refractivity contribution in [3.05, 3.63) is 24.2 Å². The molecule has 6 nitrogen and oxygen atoms in total. The molecule has 0 bridgehead atoms. The summed E-state index contributed by atoms with van der Waals surface area (Å²) in [4.78, 5) is 23.3. The van der Waals surface area contributed by atoms with Crippen LogP contribution in [0.2, 0.25) is 0 Å². The van der Waals surface area contributed by atoms with Gasteiger partial charge >= 0.3 is 12.0 Å². The van der Waals surface area contributed by atoms with E-state index in [9.17, 15) is 9.59 Å². The molecule has 2 amide bonds. The van der Waals surface area contributed by atoms with Crippen molar-refractivity contribution in [2.75, 3.05) is 13.6 Å². The first-order valence-electron chi connectivity index (χ1n) is 5.31. The molecule has 0 aromatic carbocycles. The first-order chi connectivity index (χ1) is 8.09. The number of carboxylic acid groups (broad SMARTS) is 1. The van der Waals surface area contributed by atoms with Gasteiger partial charge in [0.2, 0.25) is 0 Å². The number of carbonyl (C=O) groups excluding carboxylic acids is 1. The first kappa shape index (κ1) is 13.1. The third-order valence-electron chi connectivity index (χ3n) is 2.19. The molecule has 0 aliphatic heterocycles. The fraction of sp³-hybridized carbons (Fsp3) is 0.455. The maximum atomic E-state index is 11.6. The Bertz CT molecular complexity index is 362. The molecular weight excluding hydrogens is 224 g/mol. The Balaban J connectivity index is 2.20. The van der Waals surface area contributed by atoms with E-state index >= 15 is 0 Å². The van der Waals surface area contributed by atoms with Crippen molar-refractivity contribution in [1.29, 1.82) is 0 Å². The van der Waals surface area contributed by atoms with Crippen LogP contribution in [0.25, 0.3) is 0 Å². The molecule has 0 aliphatic carbocycles. The number of aliphatic carboxylic acids is 1. The summed E-state index contributed by atoms with van der Waals surface area (Å²) < 4.78 is 4.90. The number of amides is 2. The molecule has 94 valence electrons. The quantitative estimate of drug-likeness (QED) is 0.734. The van der Waals surface area contributed by atoms with Crippen LogP contribution in [0.5, 0.6) is 0 Å². The first-order valence-corrected chi connectivity index (χ1v) is 5.31. The summed E-state index contributed by atoms with van der Waals surface area (Å²) in [6, 6.07) is 1.56. The Morgan fingerprint density at radius 3 is 2.88 bits per heavy atom. The summed E-state index contributed by atoms with van der Waals surface area (Å²) >= 11 is 0. The van der Waals surface area contributed by atoms with Gasteiger partial charge in [0.25, 0.3) is 0 Å². The van der Waals surface area contributed by atoms with Crippen LogP contribution < -0.4 is 5.32 Å². The molecule has 0 radical (unpaired) electrons. The Morgan fingerprint density at radius 2 is 2.29 bits per heavy atom. The Labute approximate surface area is 99.2 Å². The highest BCUT2D eigenvalue weighted by atomic mass is 16.4. The average molecular weight is 240 g/mol. The summed E-state index contributed by atoms with van der Waals surface area (Å²) in [6.07, 6.45) is 3.62. The van der Waals surface area contributed by atoms with Crippen molar-refractivity contribution in [2.24, 2.45) is 0 Å². The summed E-state index contributed by atoms with van der Waals surface area (Å²) in [6.45, 7) is 0.822. The highest BCUT2D eigenvalue weighted by Gasteiger charge is 2.08. The molecule has 6 heteroatoms. The van der Waals surface area contributed by atoms with Crippen LogP contribution in [-0.2, 0) is 11.3 Å². The number of hydrogen-bond donors (Lipinski definition) is 2. The topological polar surface area (TPSA) is 82.8 Å². The van der Waals surface area contributed by atoms with E-state index < -0.39 is 5.97 Å². The number of urea groups is 1. The van der Waals surface area contributed by atoms with E-state index in [1.807, 2.05) is 0 Å². The number of nitrogens with one attached hydrogen (secondary N) is 1. The lowest BCUT2D eigenvalue weighted by Gasteiger charge is -2.16. The lowest BCUT2D eigenvalue weighted by atomic mass is 10.3. The smallest absolute Gasteiger partial charge is 0.317 e. The molecule has 1 aromatic heterocycles. The van der Waals surface area contributed by atoms with Gasteiger partial charge in [-0.25, -0.2) is 4.79 Å². The second kappa shape index (κ2) is 6.57. The highest BCUT2D eigenvalue weighted by Crippen LogP contribution is 2.03. The van der Waals surface area contributed by atoms with Gasteiger partial charge in [-0.2, -0.15) is 0 Å². The zero-order chi connectivity index (χ0) is 12.7. The monoisotopic (exact) mass is 240 g/mol. The van der Waals surface area contributed by atoms with Crippen LogP contribution in [0.15, 0.2) is 23.0 Å². The Hall–Kier alpha value is -1.98. The van der Waals surface area contributed by atoms with Gasteiger partial charge in [0.1, 0.15) is 0 Å². The number of carbonyl (C=O) groups is 2. The minimum atomic E-state index is -0.856. The lowest BCUT2D eigenvalue weighted by molar-refractivity contribution is -0.137. The van der Waals surface area contributed by atoms with E-state index in [0.717, 1.165) is 5.56 Å². The molecule has 1 aromatic rings. The van der Waals surface area contributed by atoms with Crippen molar-refractivity contribution in [1.82, 2.24) is 10.2 Å². The van der Waals surface area contributed by atoms with Gasteiger partial charge in [-0.1, -0.05) is 0 Å². The minimum Gasteiger partial charge on any atom is -0.481 e. The number of carboxylic acids is 1. The number of furan rings is 1. The molecular formula is C11H16N2O4. The number of nitrogens with zero attached hydrogens (tertiary/aromatic N) is 1.